The molecule has 0 saturated heterocycles. The number of nitrogens with zero attached hydrogens (tertiary/aromatic N) is 1. The van der Waals surface area contributed by atoms with Crippen LogP contribution in [0.1, 0.15) is 24.2 Å². The summed E-state index contributed by atoms with van der Waals surface area (Å²) >= 11 is 6.10. The van der Waals surface area contributed by atoms with Crippen LogP contribution in [0.4, 0.5) is 11.7 Å². The van der Waals surface area contributed by atoms with E-state index in [0.29, 0.717) is 39.7 Å². The van der Waals surface area contributed by atoms with Gasteiger partial charge >= 0.3 is 6.01 Å². The van der Waals surface area contributed by atoms with Crippen molar-refractivity contribution in [3.8, 4) is 5.75 Å². The van der Waals surface area contributed by atoms with Crippen LogP contribution in [-0.2, 0) is 4.79 Å². The Morgan fingerprint density at radius 2 is 2.00 bits per heavy atom. The molecule has 0 radical (unpaired) electrons. The number of fused-ring (bicyclic) bond motifs is 1. The van der Waals surface area contributed by atoms with Crippen molar-refractivity contribution >= 4 is 46.2 Å². The fraction of sp³-hybridized carbons (Fsp3) is 0.167. The highest BCUT2D eigenvalue weighted by molar-refractivity contribution is 6.32. The van der Waals surface area contributed by atoms with Gasteiger partial charge in [0.05, 0.1) is 11.6 Å². The second-order valence-electron chi connectivity index (χ2n) is 5.42. The molecule has 26 heavy (non-hydrogen) atoms. The molecule has 0 aliphatic heterocycles. The van der Waals surface area contributed by atoms with E-state index >= 15 is 0 Å². The number of benzene rings is 2. The minimum atomic E-state index is -0.413. The third kappa shape index (κ3) is 3.94. The molecule has 8 heteroatoms. The monoisotopic (exact) mass is 373 g/mol. The van der Waals surface area contributed by atoms with E-state index in [1.807, 2.05) is 6.92 Å². The molecule has 1 heterocycles. The first kappa shape index (κ1) is 17.8. The maximum absolute atomic E-state index is 12.4. The average molecular weight is 374 g/mol. The van der Waals surface area contributed by atoms with Gasteiger partial charge in [0.25, 0.3) is 5.91 Å². The summed E-state index contributed by atoms with van der Waals surface area (Å²) in [5.41, 5.74) is 1.92. The van der Waals surface area contributed by atoms with Crippen LogP contribution in [0.3, 0.4) is 0 Å². The second-order valence-corrected chi connectivity index (χ2v) is 5.82. The van der Waals surface area contributed by atoms with Crippen LogP contribution < -0.4 is 15.4 Å². The molecule has 0 saturated carbocycles. The summed E-state index contributed by atoms with van der Waals surface area (Å²) in [4.78, 5) is 27.7. The minimum Gasteiger partial charge on any atom is -0.492 e. The number of hydrogen-bond donors (Lipinski definition) is 2. The van der Waals surface area contributed by atoms with Crippen LogP contribution in [-0.4, -0.2) is 23.4 Å². The highest BCUT2D eigenvalue weighted by atomic mass is 35.5. The molecule has 3 rings (SSSR count). The zero-order chi connectivity index (χ0) is 18.7. The lowest BCUT2D eigenvalue weighted by atomic mass is 10.2. The van der Waals surface area contributed by atoms with Crippen molar-refractivity contribution in [2.75, 3.05) is 17.2 Å². The number of hydrogen-bond acceptors (Lipinski definition) is 5. The van der Waals surface area contributed by atoms with Crippen molar-refractivity contribution in [3.05, 3.63) is 47.0 Å². The largest absolute Gasteiger partial charge is 0.492 e. The fourth-order valence-corrected chi connectivity index (χ4v) is 2.58. The Balaban J connectivity index is 1.78. The molecule has 1 aromatic heterocycles. The molecule has 0 aliphatic rings. The normalized spacial score (nSPS) is 10.6. The highest BCUT2D eigenvalue weighted by Crippen LogP contribution is 2.26. The van der Waals surface area contributed by atoms with Gasteiger partial charge in [-0.2, -0.15) is 4.98 Å². The van der Waals surface area contributed by atoms with Gasteiger partial charge in [-0.1, -0.05) is 11.6 Å². The maximum atomic E-state index is 12.4. The van der Waals surface area contributed by atoms with Gasteiger partial charge in [-0.05, 0) is 37.3 Å². The van der Waals surface area contributed by atoms with Crippen LogP contribution in [0.2, 0.25) is 5.02 Å². The van der Waals surface area contributed by atoms with E-state index in [9.17, 15) is 9.59 Å². The number of oxazole rings is 1. The zero-order valence-corrected chi connectivity index (χ0v) is 14.9. The number of anilines is 2. The van der Waals surface area contributed by atoms with Gasteiger partial charge in [0.2, 0.25) is 5.91 Å². The van der Waals surface area contributed by atoms with Gasteiger partial charge in [-0.25, -0.2) is 0 Å². The number of carbonyl (C=O) groups is 2. The highest BCUT2D eigenvalue weighted by Gasteiger charge is 2.14. The molecule has 7 nitrogen and oxygen atoms in total. The van der Waals surface area contributed by atoms with Crippen molar-refractivity contribution in [1.82, 2.24) is 4.98 Å². The van der Waals surface area contributed by atoms with E-state index in [1.165, 1.54) is 13.0 Å². The molecule has 2 aromatic carbocycles. The Morgan fingerprint density at radius 1 is 1.19 bits per heavy atom. The smallest absolute Gasteiger partial charge is 0.302 e. The summed E-state index contributed by atoms with van der Waals surface area (Å²) in [6.45, 7) is 3.74. The van der Waals surface area contributed by atoms with E-state index in [1.54, 1.807) is 30.3 Å². The molecule has 2 amide bonds. The predicted molar refractivity (Wildman–Crippen MR) is 98.9 cm³/mol. The molecule has 3 aromatic rings. The van der Waals surface area contributed by atoms with Gasteiger partial charge in [0, 0.05) is 24.2 Å². The number of nitrogens with one attached hydrogen (secondary N) is 2. The van der Waals surface area contributed by atoms with Gasteiger partial charge in [-0.15, -0.1) is 0 Å². The van der Waals surface area contributed by atoms with Crippen LogP contribution in [0.5, 0.6) is 5.75 Å². The molecular formula is C18H16ClN3O4. The van der Waals surface area contributed by atoms with E-state index in [4.69, 9.17) is 20.8 Å². The van der Waals surface area contributed by atoms with Crippen molar-refractivity contribution in [1.29, 1.82) is 0 Å². The average Bonchev–Trinajstić information content (AvgIpc) is 2.97. The summed E-state index contributed by atoms with van der Waals surface area (Å²) in [6, 6.07) is 9.82. The Bertz CT molecular complexity index is 984. The molecule has 134 valence electrons. The van der Waals surface area contributed by atoms with Gasteiger partial charge in [0.15, 0.2) is 5.58 Å². The minimum absolute atomic E-state index is 0.0509. The van der Waals surface area contributed by atoms with E-state index in [-0.39, 0.29) is 11.9 Å². The third-order valence-electron chi connectivity index (χ3n) is 3.42. The number of carbonyl (C=O) groups excluding carboxylic acids is 2. The number of ether oxygens (including phenoxy) is 1. The Hall–Kier alpha value is -3.06. The number of rotatable bonds is 5. The number of aromatic nitrogens is 1. The van der Waals surface area contributed by atoms with Crippen LogP contribution in [0.25, 0.3) is 11.1 Å². The third-order valence-corrected chi connectivity index (χ3v) is 3.72. The number of amides is 2. The second kappa shape index (κ2) is 7.45. The molecular weight excluding hydrogens is 358 g/mol. The van der Waals surface area contributed by atoms with Gasteiger partial charge < -0.3 is 14.5 Å². The first-order valence-electron chi connectivity index (χ1n) is 7.88. The quantitative estimate of drug-likeness (QED) is 0.702. The SMILES string of the molecule is CCOc1ccc(C(=O)Nc2nc3ccc(NC(C)=O)cc3o2)cc1Cl. The summed E-state index contributed by atoms with van der Waals surface area (Å²) in [5, 5.41) is 5.58. The first-order valence-corrected chi connectivity index (χ1v) is 8.26. The van der Waals surface area contributed by atoms with Crippen LogP contribution in [0.15, 0.2) is 40.8 Å². The summed E-state index contributed by atoms with van der Waals surface area (Å²) in [5.74, 6) is -0.0913. The first-order chi connectivity index (χ1) is 12.5. The van der Waals surface area contributed by atoms with E-state index in [2.05, 4.69) is 15.6 Å². The van der Waals surface area contributed by atoms with Crippen LogP contribution in [0, 0.1) is 0 Å². The molecule has 0 fully saturated rings. The lowest BCUT2D eigenvalue weighted by Gasteiger charge is -2.07. The Labute approximate surface area is 154 Å². The maximum Gasteiger partial charge on any atom is 0.302 e. The lowest BCUT2D eigenvalue weighted by molar-refractivity contribution is -0.114. The molecule has 0 spiro atoms. The summed E-state index contributed by atoms with van der Waals surface area (Å²) < 4.78 is 10.9. The Morgan fingerprint density at radius 3 is 2.69 bits per heavy atom. The molecule has 0 unspecified atom stereocenters. The fourth-order valence-electron chi connectivity index (χ4n) is 2.34. The molecule has 0 atom stereocenters. The van der Waals surface area contributed by atoms with Gasteiger partial charge in [-0.3, -0.25) is 14.9 Å². The van der Waals surface area contributed by atoms with Crippen molar-refractivity contribution in [3.63, 3.8) is 0 Å². The predicted octanol–water partition coefficient (Wildman–Crippen LogP) is 4.09. The number of halogens is 1. The van der Waals surface area contributed by atoms with Gasteiger partial charge in [0.1, 0.15) is 11.3 Å². The van der Waals surface area contributed by atoms with Crippen LogP contribution >= 0.6 is 11.6 Å². The summed E-state index contributed by atoms with van der Waals surface area (Å²) in [6.07, 6.45) is 0. The lowest BCUT2D eigenvalue weighted by Crippen LogP contribution is -2.12. The van der Waals surface area contributed by atoms with Crippen molar-refractivity contribution in [2.24, 2.45) is 0 Å². The van der Waals surface area contributed by atoms with E-state index < -0.39 is 5.91 Å². The Kier molecular flexibility index (Phi) is 5.09. The molecule has 0 bridgehead atoms. The summed E-state index contributed by atoms with van der Waals surface area (Å²) in [7, 11) is 0. The molecule has 2 N–H and O–H groups in total. The topological polar surface area (TPSA) is 93.5 Å². The standard InChI is InChI=1S/C18H16ClN3O4/c1-3-25-15-7-4-11(8-13(15)19)17(24)22-18-21-14-6-5-12(20-10(2)23)9-16(14)26-18/h4-9H,3H2,1-2H3,(H,20,23)(H,21,22,24). The van der Waals surface area contributed by atoms with Crippen molar-refractivity contribution < 1.29 is 18.7 Å². The molecule has 0 aliphatic carbocycles. The van der Waals surface area contributed by atoms with Crippen molar-refractivity contribution in [2.45, 2.75) is 13.8 Å². The van der Waals surface area contributed by atoms with E-state index in [0.717, 1.165) is 0 Å². The zero-order valence-electron chi connectivity index (χ0n) is 14.1.